The number of hydrogen-bond donors (Lipinski definition) is 1. The normalized spacial score (nSPS) is 11.1. The molecule has 0 unspecified atom stereocenters. The van der Waals surface area contributed by atoms with Crippen molar-refractivity contribution in [3.8, 4) is 11.1 Å². The lowest BCUT2D eigenvalue weighted by atomic mass is 9.95. The zero-order valence-electron chi connectivity index (χ0n) is 12.0. The molecule has 1 nitrogen and oxygen atoms in total. The van der Waals surface area contributed by atoms with E-state index < -0.39 is 0 Å². The van der Waals surface area contributed by atoms with Crippen LogP contribution in [0, 0.1) is 12.7 Å². The van der Waals surface area contributed by atoms with E-state index in [0.29, 0.717) is 16.6 Å². The van der Waals surface area contributed by atoms with Crippen LogP contribution in [0.5, 0.6) is 0 Å². The molecule has 2 aromatic carbocycles. The third-order valence-corrected chi connectivity index (χ3v) is 3.57. The van der Waals surface area contributed by atoms with Crippen LogP contribution in [0.25, 0.3) is 11.1 Å². The lowest BCUT2D eigenvalue weighted by molar-refractivity contribution is 0.589. The number of halogens is 2. The van der Waals surface area contributed by atoms with Gasteiger partial charge < -0.3 is 5.32 Å². The molecule has 2 rings (SSSR count). The van der Waals surface area contributed by atoms with Crippen molar-refractivity contribution >= 4 is 11.6 Å². The minimum atomic E-state index is -0.190. The second kappa shape index (κ2) is 6.38. The first-order valence-corrected chi connectivity index (χ1v) is 7.14. The van der Waals surface area contributed by atoms with Crippen molar-refractivity contribution in [2.24, 2.45) is 0 Å². The van der Waals surface area contributed by atoms with E-state index in [4.69, 9.17) is 11.6 Å². The molecule has 20 heavy (non-hydrogen) atoms. The van der Waals surface area contributed by atoms with E-state index in [1.165, 1.54) is 6.07 Å². The molecule has 106 valence electrons. The maximum Gasteiger partial charge on any atom is 0.126 e. The Hall–Kier alpha value is -1.38. The number of benzene rings is 2. The Labute approximate surface area is 124 Å². The first-order chi connectivity index (χ1) is 9.49. The summed E-state index contributed by atoms with van der Waals surface area (Å²) in [6.07, 6.45) is 0. The van der Waals surface area contributed by atoms with Gasteiger partial charge in [0.25, 0.3) is 0 Å². The minimum Gasteiger partial charge on any atom is -0.310 e. The number of nitrogens with one attached hydrogen (secondary N) is 1. The van der Waals surface area contributed by atoms with Crippen LogP contribution in [0.2, 0.25) is 5.02 Å². The molecule has 3 heteroatoms. The second-order valence-electron chi connectivity index (χ2n) is 5.25. The van der Waals surface area contributed by atoms with Crippen molar-refractivity contribution < 1.29 is 4.39 Å². The van der Waals surface area contributed by atoms with Gasteiger partial charge in [0.1, 0.15) is 5.82 Å². The van der Waals surface area contributed by atoms with Gasteiger partial charge in [-0.3, -0.25) is 0 Å². The van der Waals surface area contributed by atoms with E-state index in [0.717, 1.165) is 23.2 Å². The topological polar surface area (TPSA) is 12.0 Å². The molecule has 0 fully saturated rings. The van der Waals surface area contributed by atoms with Crippen molar-refractivity contribution in [3.63, 3.8) is 0 Å². The fraction of sp³-hybridized carbons (Fsp3) is 0.294. The third kappa shape index (κ3) is 3.38. The molecule has 0 amide bonds. The van der Waals surface area contributed by atoms with Gasteiger partial charge in [-0.1, -0.05) is 43.6 Å². The second-order valence-corrected chi connectivity index (χ2v) is 5.69. The van der Waals surface area contributed by atoms with Crippen molar-refractivity contribution in [1.29, 1.82) is 0 Å². The van der Waals surface area contributed by atoms with Crippen LogP contribution < -0.4 is 5.32 Å². The number of hydrogen-bond acceptors (Lipinski definition) is 1. The summed E-state index contributed by atoms with van der Waals surface area (Å²) in [5.74, 6) is -0.190. The van der Waals surface area contributed by atoms with Gasteiger partial charge in [0.05, 0.1) is 0 Å². The molecule has 0 saturated carbocycles. The van der Waals surface area contributed by atoms with Crippen molar-refractivity contribution in [1.82, 2.24) is 5.32 Å². The Kier molecular flexibility index (Phi) is 4.79. The standard InChI is InChI=1S/C17H19ClFN/c1-11(2)20-10-13-7-8-14(18)9-16(13)15-5-4-6-17(19)12(15)3/h4-9,11,20H,10H2,1-3H3. The monoisotopic (exact) mass is 291 g/mol. The fourth-order valence-corrected chi connectivity index (χ4v) is 2.34. The molecule has 0 spiro atoms. The van der Waals surface area contributed by atoms with Gasteiger partial charge in [0.2, 0.25) is 0 Å². The van der Waals surface area contributed by atoms with Crippen LogP contribution in [0.1, 0.15) is 25.0 Å². The molecule has 0 saturated heterocycles. The van der Waals surface area contributed by atoms with Gasteiger partial charge in [-0.2, -0.15) is 0 Å². The van der Waals surface area contributed by atoms with Crippen molar-refractivity contribution in [3.05, 3.63) is 58.4 Å². The van der Waals surface area contributed by atoms with Gasteiger partial charge in [0.15, 0.2) is 0 Å². The summed E-state index contributed by atoms with van der Waals surface area (Å²) in [7, 11) is 0. The predicted molar refractivity (Wildman–Crippen MR) is 83.6 cm³/mol. The van der Waals surface area contributed by atoms with Crippen LogP contribution in [-0.4, -0.2) is 6.04 Å². The maximum absolute atomic E-state index is 13.8. The molecule has 0 aliphatic heterocycles. The summed E-state index contributed by atoms with van der Waals surface area (Å²) in [6, 6.07) is 11.3. The zero-order valence-corrected chi connectivity index (χ0v) is 12.8. The Morgan fingerprint density at radius 3 is 2.60 bits per heavy atom. The average Bonchev–Trinajstić information content (AvgIpc) is 2.40. The van der Waals surface area contributed by atoms with Crippen LogP contribution >= 0.6 is 11.6 Å². The van der Waals surface area contributed by atoms with E-state index in [-0.39, 0.29) is 5.82 Å². The van der Waals surface area contributed by atoms with E-state index in [1.807, 2.05) is 24.3 Å². The minimum absolute atomic E-state index is 0.190. The van der Waals surface area contributed by atoms with Crippen molar-refractivity contribution in [2.45, 2.75) is 33.4 Å². The summed E-state index contributed by atoms with van der Waals surface area (Å²) in [5, 5.41) is 4.05. The molecule has 1 N–H and O–H groups in total. The summed E-state index contributed by atoms with van der Waals surface area (Å²) in [4.78, 5) is 0. The number of rotatable bonds is 4. The first-order valence-electron chi connectivity index (χ1n) is 6.76. The van der Waals surface area contributed by atoms with Crippen LogP contribution in [0.3, 0.4) is 0 Å². The lowest BCUT2D eigenvalue weighted by Gasteiger charge is -2.15. The Balaban J connectivity index is 2.48. The smallest absolute Gasteiger partial charge is 0.126 e. The highest BCUT2D eigenvalue weighted by molar-refractivity contribution is 6.30. The Morgan fingerprint density at radius 1 is 1.15 bits per heavy atom. The average molecular weight is 292 g/mol. The van der Waals surface area contributed by atoms with Gasteiger partial charge in [-0.15, -0.1) is 0 Å². The molecule has 0 radical (unpaired) electrons. The van der Waals surface area contributed by atoms with E-state index in [1.54, 1.807) is 13.0 Å². The van der Waals surface area contributed by atoms with Crippen LogP contribution in [0.4, 0.5) is 4.39 Å². The molecule has 0 heterocycles. The summed E-state index contributed by atoms with van der Waals surface area (Å²) < 4.78 is 13.8. The van der Waals surface area contributed by atoms with E-state index >= 15 is 0 Å². The summed E-state index contributed by atoms with van der Waals surface area (Å²) >= 11 is 6.11. The van der Waals surface area contributed by atoms with E-state index in [2.05, 4.69) is 19.2 Å². The quantitative estimate of drug-likeness (QED) is 0.840. The largest absolute Gasteiger partial charge is 0.310 e. The van der Waals surface area contributed by atoms with E-state index in [9.17, 15) is 4.39 Å². The molecule has 0 aliphatic rings. The SMILES string of the molecule is Cc1c(F)cccc1-c1cc(Cl)ccc1CNC(C)C. The predicted octanol–water partition coefficient (Wildman–Crippen LogP) is 4.95. The zero-order chi connectivity index (χ0) is 14.7. The highest BCUT2D eigenvalue weighted by Crippen LogP contribution is 2.30. The van der Waals surface area contributed by atoms with Gasteiger partial charge in [-0.25, -0.2) is 4.39 Å². The molecule has 0 atom stereocenters. The summed E-state index contributed by atoms with van der Waals surface area (Å²) in [6.45, 7) is 6.73. The van der Waals surface area contributed by atoms with Crippen LogP contribution in [-0.2, 0) is 6.54 Å². The Bertz CT molecular complexity index is 608. The van der Waals surface area contributed by atoms with Crippen molar-refractivity contribution in [2.75, 3.05) is 0 Å². The van der Waals surface area contributed by atoms with Crippen LogP contribution in [0.15, 0.2) is 36.4 Å². The molecule has 0 aliphatic carbocycles. The van der Waals surface area contributed by atoms with Gasteiger partial charge in [-0.05, 0) is 47.4 Å². The molecule has 0 aromatic heterocycles. The highest BCUT2D eigenvalue weighted by atomic mass is 35.5. The fourth-order valence-electron chi connectivity index (χ4n) is 2.17. The summed E-state index contributed by atoms with van der Waals surface area (Å²) in [5.41, 5.74) is 3.66. The molecular weight excluding hydrogens is 273 g/mol. The molecule has 2 aromatic rings. The first kappa shape index (κ1) is 15.0. The molecular formula is C17H19ClFN. The van der Waals surface area contributed by atoms with Gasteiger partial charge >= 0.3 is 0 Å². The van der Waals surface area contributed by atoms with Gasteiger partial charge in [0, 0.05) is 17.6 Å². The lowest BCUT2D eigenvalue weighted by Crippen LogP contribution is -2.22. The maximum atomic E-state index is 13.8. The third-order valence-electron chi connectivity index (χ3n) is 3.33. The molecule has 0 bridgehead atoms. The highest BCUT2D eigenvalue weighted by Gasteiger charge is 2.11. The Morgan fingerprint density at radius 2 is 1.90 bits per heavy atom.